The first-order chi connectivity index (χ1) is 11.5. The van der Waals surface area contributed by atoms with E-state index in [0.29, 0.717) is 12.2 Å². The summed E-state index contributed by atoms with van der Waals surface area (Å²) < 4.78 is 51.5. The standard InChI is InChI=1S/C17H20FNO4S/c1-3-23-15-9-4-5-10-17(15)24(20,21)19-12-16(22-2)13-7-6-8-14(18)11-13/h4-11,16,19H,3,12H2,1-2H3. The molecule has 0 amide bonds. The van der Waals surface area contributed by atoms with Gasteiger partial charge in [0, 0.05) is 13.7 Å². The molecule has 0 saturated heterocycles. The van der Waals surface area contributed by atoms with E-state index in [4.69, 9.17) is 9.47 Å². The Morgan fingerprint density at radius 3 is 2.58 bits per heavy atom. The fraction of sp³-hybridized carbons (Fsp3) is 0.294. The van der Waals surface area contributed by atoms with Crippen molar-refractivity contribution in [1.29, 1.82) is 0 Å². The van der Waals surface area contributed by atoms with Crippen molar-refractivity contribution in [2.75, 3.05) is 20.3 Å². The van der Waals surface area contributed by atoms with Gasteiger partial charge in [0.2, 0.25) is 10.0 Å². The Bertz CT molecular complexity index is 780. The molecule has 7 heteroatoms. The van der Waals surface area contributed by atoms with Gasteiger partial charge in [0.15, 0.2) is 0 Å². The Kier molecular flexibility index (Phi) is 6.30. The highest BCUT2D eigenvalue weighted by atomic mass is 32.2. The molecule has 24 heavy (non-hydrogen) atoms. The lowest BCUT2D eigenvalue weighted by Crippen LogP contribution is -2.29. The quantitative estimate of drug-likeness (QED) is 0.793. The maximum absolute atomic E-state index is 13.3. The second-order valence-corrected chi connectivity index (χ2v) is 6.75. The smallest absolute Gasteiger partial charge is 0.244 e. The Balaban J connectivity index is 2.17. The molecule has 1 unspecified atom stereocenters. The zero-order valence-electron chi connectivity index (χ0n) is 13.5. The lowest BCUT2D eigenvalue weighted by atomic mass is 10.1. The molecule has 0 aliphatic carbocycles. The first kappa shape index (κ1) is 18.4. The minimum absolute atomic E-state index is 0.0251. The number of hydrogen-bond acceptors (Lipinski definition) is 4. The molecule has 0 spiro atoms. The van der Waals surface area contributed by atoms with Gasteiger partial charge in [0.1, 0.15) is 16.5 Å². The van der Waals surface area contributed by atoms with Gasteiger partial charge in [0.25, 0.3) is 0 Å². The lowest BCUT2D eigenvalue weighted by Gasteiger charge is -2.17. The summed E-state index contributed by atoms with van der Waals surface area (Å²) in [6, 6.07) is 12.3. The van der Waals surface area contributed by atoms with Crippen LogP contribution >= 0.6 is 0 Å². The van der Waals surface area contributed by atoms with Crippen molar-refractivity contribution in [3.05, 3.63) is 59.9 Å². The first-order valence-electron chi connectivity index (χ1n) is 7.47. The molecule has 0 saturated carbocycles. The highest BCUT2D eigenvalue weighted by Gasteiger charge is 2.21. The molecular weight excluding hydrogens is 333 g/mol. The zero-order chi connectivity index (χ0) is 17.6. The molecule has 0 radical (unpaired) electrons. The van der Waals surface area contributed by atoms with Crippen LogP contribution in [0.4, 0.5) is 4.39 Å². The van der Waals surface area contributed by atoms with Crippen LogP contribution in [0, 0.1) is 5.82 Å². The van der Waals surface area contributed by atoms with E-state index in [1.54, 1.807) is 37.3 Å². The van der Waals surface area contributed by atoms with Gasteiger partial charge < -0.3 is 9.47 Å². The summed E-state index contributed by atoms with van der Waals surface area (Å²) in [7, 11) is -2.34. The molecular formula is C17H20FNO4S. The van der Waals surface area contributed by atoms with Gasteiger partial charge in [-0.2, -0.15) is 0 Å². The van der Waals surface area contributed by atoms with E-state index >= 15 is 0 Å². The SMILES string of the molecule is CCOc1ccccc1S(=O)(=O)NCC(OC)c1cccc(F)c1. The van der Waals surface area contributed by atoms with Crippen molar-refractivity contribution in [1.82, 2.24) is 4.72 Å². The van der Waals surface area contributed by atoms with Gasteiger partial charge in [0.05, 0.1) is 12.7 Å². The maximum atomic E-state index is 13.3. The molecule has 0 aliphatic rings. The second kappa shape index (κ2) is 8.23. The highest BCUT2D eigenvalue weighted by Crippen LogP contribution is 2.24. The summed E-state index contributed by atoms with van der Waals surface area (Å²) >= 11 is 0. The van der Waals surface area contributed by atoms with E-state index in [0.717, 1.165) is 0 Å². The van der Waals surface area contributed by atoms with Gasteiger partial charge in [-0.25, -0.2) is 17.5 Å². The molecule has 0 heterocycles. The summed E-state index contributed by atoms with van der Waals surface area (Å²) in [4.78, 5) is 0.0564. The highest BCUT2D eigenvalue weighted by molar-refractivity contribution is 7.89. The third-order valence-corrected chi connectivity index (χ3v) is 4.87. The van der Waals surface area contributed by atoms with E-state index in [2.05, 4.69) is 4.72 Å². The number of nitrogens with one attached hydrogen (secondary N) is 1. The predicted molar refractivity (Wildman–Crippen MR) is 88.9 cm³/mol. The monoisotopic (exact) mass is 353 g/mol. The van der Waals surface area contributed by atoms with Crippen molar-refractivity contribution in [3.63, 3.8) is 0 Å². The minimum atomic E-state index is -3.79. The number of halogens is 1. The van der Waals surface area contributed by atoms with Crippen molar-refractivity contribution in [2.24, 2.45) is 0 Å². The summed E-state index contributed by atoms with van der Waals surface area (Å²) in [6.07, 6.45) is -0.602. The maximum Gasteiger partial charge on any atom is 0.244 e. The Hall–Kier alpha value is -1.96. The number of methoxy groups -OCH3 is 1. The van der Waals surface area contributed by atoms with Crippen LogP contribution in [0.25, 0.3) is 0 Å². The van der Waals surface area contributed by atoms with Crippen molar-refractivity contribution in [2.45, 2.75) is 17.9 Å². The van der Waals surface area contributed by atoms with Crippen LogP contribution < -0.4 is 9.46 Å². The molecule has 2 aromatic rings. The average molecular weight is 353 g/mol. The van der Waals surface area contributed by atoms with Crippen molar-refractivity contribution < 1.29 is 22.3 Å². The summed E-state index contributed by atoms with van der Waals surface area (Å²) in [5, 5.41) is 0. The van der Waals surface area contributed by atoms with E-state index in [1.165, 1.54) is 25.3 Å². The molecule has 0 bridgehead atoms. The third-order valence-electron chi connectivity index (χ3n) is 3.40. The molecule has 0 aliphatic heterocycles. The van der Waals surface area contributed by atoms with Crippen LogP contribution in [0.2, 0.25) is 0 Å². The van der Waals surface area contributed by atoms with Crippen LogP contribution in [0.5, 0.6) is 5.75 Å². The van der Waals surface area contributed by atoms with Crippen LogP contribution in [-0.2, 0) is 14.8 Å². The number of para-hydroxylation sites is 1. The van der Waals surface area contributed by atoms with Crippen LogP contribution in [0.15, 0.2) is 53.4 Å². The second-order valence-electron chi connectivity index (χ2n) is 5.01. The largest absolute Gasteiger partial charge is 0.492 e. The molecule has 0 fully saturated rings. The minimum Gasteiger partial charge on any atom is -0.492 e. The van der Waals surface area contributed by atoms with Gasteiger partial charge in [-0.15, -0.1) is 0 Å². The molecule has 0 aromatic heterocycles. The normalized spacial score (nSPS) is 12.8. The number of rotatable bonds is 8. The number of ether oxygens (including phenoxy) is 2. The molecule has 1 N–H and O–H groups in total. The van der Waals surface area contributed by atoms with Gasteiger partial charge >= 0.3 is 0 Å². The number of hydrogen-bond donors (Lipinski definition) is 1. The Morgan fingerprint density at radius 2 is 1.92 bits per heavy atom. The van der Waals surface area contributed by atoms with Crippen LogP contribution in [-0.4, -0.2) is 28.7 Å². The predicted octanol–water partition coefficient (Wildman–Crippen LogP) is 2.89. The molecule has 1 atom stereocenters. The molecule has 2 aromatic carbocycles. The third kappa shape index (κ3) is 4.53. The first-order valence-corrected chi connectivity index (χ1v) is 8.96. The molecule has 130 valence electrons. The lowest BCUT2D eigenvalue weighted by molar-refractivity contribution is 0.107. The van der Waals surface area contributed by atoms with E-state index in [-0.39, 0.29) is 17.2 Å². The van der Waals surface area contributed by atoms with Crippen molar-refractivity contribution in [3.8, 4) is 5.75 Å². The Morgan fingerprint density at radius 1 is 1.17 bits per heavy atom. The van der Waals surface area contributed by atoms with E-state index in [1.807, 2.05) is 0 Å². The van der Waals surface area contributed by atoms with Gasteiger partial charge in [-0.05, 0) is 36.8 Å². The van der Waals surface area contributed by atoms with E-state index < -0.39 is 21.9 Å². The van der Waals surface area contributed by atoms with Crippen LogP contribution in [0.3, 0.4) is 0 Å². The average Bonchev–Trinajstić information content (AvgIpc) is 2.56. The summed E-state index contributed by atoms with van der Waals surface area (Å²) in [6.45, 7) is 2.11. The topological polar surface area (TPSA) is 64.6 Å². The molecule has 5 nitrogen and oxygen atoms in total. The van der Waals surface area contributed by atoms with Gasteiger partial charge in [-0.1, -0.05) is 24.3 Å². The summed E-state index contributed by atoms with van der Waals surface area (Å²) in [5.41, 5.74) is 0.554. The summed E-state index contributed by atoms with van der Waals surface area (Å²) in [5.74, 6) is -0.119. The fourth-order valence-electron chi connectivity index (χ4n) is 2.25. The number of sulfonamides is 1. The molecule has 2 rings (SSSR count). The Labute approximate surface area is 141 Å². The zero-order valence-corrected chi connectivity index (χ0v) is 14.3. The van der Waals surface area contributed by atoms with Crippen molar-refractivity contribution >= 4 is 10.0 Å². The van der Waals surface area contributed by atoms with Crippen LogP contribution in [0.1, 0.15) is 18.6 Å². The number of benzene rings is 2. The van der Waals surface area contributed by atoms with E-state index in [9.17, 15) is 12.8 Å². The fourth-order valence-corrected chi connectivity index (χ4v) is 3.43. The van der Waals surface area contributed by atoms with Gasteiger partial charge in [-0.3, -0.25) is 0 Å².